The number of pyridine rings is 1. The van der Waals surface area contributed by atoms with Crippen LogP contribution in [0.15, 0.2) is 60.7 Å². The summed E-state index contributed by atoms with van der Waals surface area (Å²) in [7, 11) is 3.08. The molecule has 0 saturated heterocycles. The van der Waals surface area contributed by atoms with Gasteiger partial charge in [-0.1, -0.05) is 53.0 Å². The smallest absolute Gasteiger partial charge is 0.339 e. The maximum absolute atomic E-state index is 13.1. The van der Waals surface area contributed by atoms with Crippen LogP contribution >= 0.6 is 34.8 Å². The van der Waals surface area contributed by atoms with Crippen LogP contribution in [-0.4, -0.2) is 37.7 Å². The first-order valence-electron chi connectivity index (χ1n) is 10.5. The molecule has 36 heavy (non-hydrogen) atoms. The molecule has 0 bridgehead atoms. The molecule has 3 aromatic carbocycles. The van der Waals surface area contributed by atoms with Gasteiger partial charge < -0.3 is 19.5 Å². The number of hydrogen-bond donors (Lipinski definition) is 1. The molecular weight excluding hydrogens is 527 g/mol. The number of methoxy groups -OCH3 is 2. The van der Waals surface area contributed by atoms with E-state index in [0.717, 1.165) is 0 Å². The van der Waals surface area contributed by atoms with Crippen molar-refractivity contribution in [2.75, 3.05) is 26.1 Å². The van der Waals surface area contributed by atoms with Crippen LogP contribution in [-0.2, 0) is 9.53 Å². The van der Waals surface area contributed by atoms with E-state index in [1.165, 1.54) is 19.2 Å². The fourth-order valence-corrected chi connectivity index (χ4v) is 4.45. The van der Waals surface area contributed by atoms with E-state index in [1.807, 2.05) is 6.07 Å². The average Bonchev–Trinajstić information content (AvgIpc) is 2.88. The summed E-state index contributed by atoms with van der Waals surface area (Å²) in [5.41, 5.74) is 2.23. The summed E-state index contributed by atoms with van der Waals surface area (Å²) in [5.74, 6) is -0.231. The first kappa shape index (κ1) is 25.6. The molecule has 1 N–H and O–H groups in total. The maximum atomic E-state index is 13.1. The Morgan fingerprint density at radius 2 is 1.58 bits per heavy atom. The Balaban J connectivity index is 1.60. The van der Waals surface area contributed by atoms with E-state index in [2.05, 4.69) is 10.3 Å². The molecule has 0 spiro atoms. The van der Waals surface area contributed by atoms with Gasteiger partial charge >= 0.3 is 5.97 Å². The summed E-state index contributed by atoms with van der Waals surface area (Å²) in [6, 6.07) is 16.9. The quantitative estimate of drug-likeness (QED) is 0.261. The zero-order valence-electron chi connectivity index (χ0n) is 19.1. The van der Waals surface area contributed by atoms with Gasteiger partial charge in [-0.3, -0.25) is 4.79 Å². The third kappa shape index (κ3) is 5.49. The van der Waals surface area contributed by atoms with E-state index in [-0.39, 0.29) is 21.3 Å². The number of amides is 1. The molecule has 4 aromatic rings. The molecule has 0 aliphatic carbocycles. The Bertz CT molecular complexity index is 1450. The normalized spacial score (nSPS) is 10.7. The molecule has 0 unspecified atom stereocenters. The van der Waals surface area contributed by atoms with Crippen molar-refractivity contribution in [1.82, 2.24) is 4.98 Å². The number of esters is 1. The predicted octanol–water partition coefficient (Wildman–Crippen LogP) is 6.67. The van der Waals surface area contributed by atoms with Gasteiger partial charge in [0, 0.05) is 16.0 Å². The standard InChI is InChI=1S/C26H19Cl3N2O5/c1-34-22-8-7-14(9-23(22)35-2)21-12-17(16-5-3-4-6-20(16)30-21)26(33)36-13-24(32)31-25-18(28)10-15(27)11-19(25)29/h3-12H,13H2,1-2H3,(H,31,32). The molecule has 0 aliphatic rings. The van der Waals surface area contributed by atoms with Crippen LogP contribution in [0.4, 0.5) is 5.69 Å². The lowest BCUT2D eigenvalue weighted by Gasteiger charge is -2.13. The fraction of sp³-hybridized carbons (Fsp3) is 0.115. The molecule has 7 nitrogen and oxygen atoms in total. The number of carbonyl (C=O) groups is 2. The molecule has 4 rings (SSSR count). The number of carbonyl (C=O) groups excluding carboxylic acids is 2. The summed E-state index contributed by atoms with van der Waals surface area (Å²) in [5, 5.41) is 3.75. The molecule has 0 saturated carbocycles. The molecule has 0 fully saturated rings. The zero-order chi connectivity index (χ0) is 25.8. The van der Waals surface area contributed by atoms with Crippen molar-refractivity contribution in [3.8, 4) is 22.8 Å². The highest BCUT2D eigenvalue weighted by atomic mass is 35.5. The van der Waals surface area contributed by atoms with Crippen LogP contribution in [0.3, 0.4) is 0 Å². The number of fused-ring (bicyclic) bond motifs is 1. The largest absolute Gasteiger partial charge is 0.493 e. The van der Waals surface area contributed by atoms with Gasteiger partial charge in [0.15, 0.2) is 18.1 Å². The van der Waals surface area contributed by atoms with Crippen LogP contribution in [0.5, 0.6) is 11.5 Å². The molecule has 10 heteroatoms. The van der Waals surface area contributed by atoms with Gasteiger partial charge in [-0.05, 0) is 42.5 Å². The Hall–Kier alpha value is -3.52. The van der Waals surface area contributed by atoms with Crippen LogP contribution in [0.25, 0.3) is 22.2 Å². The molecule has 1 amide bonds. The molecule has 0 aliphatic heterocycles. The van der Waals surface area contributed by atoms with E-state index in [1.54, 1.807) is 49.6 Å². The number of nitrogens with zero attached hydrogens (tertiary/aromatic N) is 1. The number of halogens is 3. The minimum Gasteiger partial charge on any atom is -0.493 e. The van der Waals surface area contributed by atoms with Crippen molar-refractivity contribution in [3.63, 3.8) is 0 Å². The van der Waals surface area contributed by atoms with Crippen molar-refractivity contribution in [2.24, 2.45) is 0 Å². The van der Waals surface area contributed by atoms with E-state index in [4.69, 9.17) is 49.0 Å². The Kier molecular flexibility index (Phi) is 7.84. The van der Waals surface area contributed by atoms with Gasteiger partial charge in [-0.2, -0.15) is 0 Å². The molecule has 0 atom stereocenters. The molecular formula is C26H19Cl3N2O5. The van der Waals surface area contributed by atoms with Crippen molar-refractivity contribution in [1.29, 1.82) is 0 Å². The molecule has 1 heterocycles. The number of aromatic nitrogens is 1. The van der Waals surface area contributed by atoms with Gasteiger partial charge in [0.1, 0.15) is 0 Å². The molecule has 0 radical (unpaired) electrons. The summed E-state index contributed by atoms with van der Waals surface area (Å²) >= 11 is 18.1. The first-order chi connectivity index (χ1) is 17.3. The summed E-state index contributed by atoms with van der Waals surface area (Å²) in [4.78, 5) is 30.2. The second-order valence-corrected chi connectivity index (χ2v) is 8.76. The van der Waals surface area contributed by atoms with Crippen LogP contribution in [0.1, 0.15) is 10.4 Å². The summed E-state index contributed by atoms with van der Waals surface area (Å²) in [6.07, 6.45) is 0. The van der Waals surface area contributed by atoms with E-state index in [0.29, 0.717) is 38.7 Å². The lowest BCUT2D eigenvalue weighted by molar-refractivity contribution is -0.119. The highest BCUT2D eigenvalue weighted by Crippen LogP contribution is 2.34. The fourth-order valence-electron chi connectivity index (χ4n) is 3.53. The monoisotopic (exact) mass is 544 g/mol. The number of hydrogen-bond acceptors (Lipinski definition) is 6. The van der Waals surface area contributed by atoms with E-state index < -0.39 is 18.5 Å². The predicted molar refractivity (Wildman–Crippen MR) is 141 cm³/mol. The van der Waals surface area contributed by atoms with Gasteiger partial charge in [-0.15, -0.1) is 0 Å². The number of ether oxygens (including phenoxy) is 3. The van der Waals surface area contributed by atoms with Crippen molar-refractivity contribution in [3.05, 3.63) is 81.3 Å². The summed E-state index contributed by atoms with van der Waals surface area (Å²) < 4.78 is 16.0. The Morgan fingerprint density at radius 3 is 2.28 bits per heavy atom. The topological polar surface area (TPSA) is 86.8 Å². The van der Waals surface area contributed by atoms with Gasteiger partial charge in [0.05, 0.1) is 46.7 Å². The minimum atomic E-state index is -0.696. The molecule has 1 aromatic heterocycles. The zero-order valence-corrected chi connectivity index (χ0v) is 21.4. The Morgan fingerprint density at radius 1 is 0.889 bits per heavy atom. The highest BCUT2D eigenvalue weighted by molar-refractivity contribution is 6.42. The third-order valence-electron chi connectivity index (χ3n) is 5.22. The summed E-state index contributed by atoms with van der Waals surface area (Å²) in [6.45, 7) is -0.559. The van der Waals surface area contributed by atoms with Gasteiger partial charge in [0.2, 0.25) is 0 Å². The second kappa shape index (κ2) is 11.0. The first-order valence-corrected chi connectivity index (χ1v) is 11.7. The number of benzene rings is 3. The molecule has 184 valence electrons. The van der Waals surface area contributed by atoms with Gasteiger partial charge in [-0.25, -0.2) is 9.78 Å². The van der Waals surface area contributed by atoms with Crippen LogP contribution in [0.2, 0.25) is 15.1 Å². The van der Waals surface area contributed by atoms with Crippen molar-refractivity contribution < 1.29 is 23.8 Å². The van der Waals surface area contributed by atoms with E-state index in [9.17, 15) is 9.59 Å². The Labute approximate surface area is 221 Å². The second-order valence-electron chi connectivity index (χ2n) is 7.51. The number of anilines is 1. The lowest BCUT2D eigenvalue weighted by atomic mass is 10.0. The lowest BCUT2D eigenvalue weighted by Crippen LogP contribution is -2.21. The van der Waals surface area contributed by atoms with Crippen LogP contribution in [0, 0.1) is 0 Å². The minimum absolute atomic E-state index is 0.159. The van der Waals surface area contributed by atoms with E-state index >= 15 is 0 Å². The van der Waals surface area contributed by atoms with Crippen molar-refractivity contribution in [2.45, 2.75) is 0 Å². The average molecular weight is 546 g/mol. The van der Waals surface area contributed by atoms with Gasteiger partial charge in [0.25, 0.3) is 5.91 Å². The van der Waals surface area contributed by atoms with Crippen LogP contribution < -0.4 is 14.8 Å². The SMILES string of the molecule is COc1ccc(-c2cc(C(=O)OCC(=O)Nc3c(Cl)cc(Cl)cc3Cl)c3ccccc3n2)cc1OC. The maximum Gasteiger partial charge on any atom is 0.339 e. The van der Waals surface area contributed by atoms with Crippen molar-refractivity contribution >= 4 is 63.3 Å². The number of nitrogens with one attached hydrogen (secondary N) is 1. The third-order valence-corrected chi connectivity index (χ3v) is 6.04. The number of rotatable bonds is 7. The highest BCUT2D eigenvalue weighted by Gasteiger charge is 2.18. The number of para-hydroxylation sites is 1.